The van der Waals surface area contributed by atoms with Crippen LogP contribution in [0.5, 0.6) is 0 Å². The monoisotopic (exact) mass is 249 g/mol. The van der Waals surface area contributed by atoms with Crippen molar-refractivity contribution in [2.45, 2.75) is 32.6 Å². The maximum absolute atomic E-state index is 11.2. The van der Waals surface area contributed by atoms with Crippen LogP contribution in [0.1, 0.15) is 31.7 Å². The molecule has 0 spiro atoms. The van der Waals surface area contributed by atoms with Gasteiger partial charge >= 0.3 is 5.97 Å². The van der Waals surface area contributed by atoms with Crippen molar-refractivity contribution >= 4 is 5.97 Å². The number of carbonyl (C=O) groups excluding carboxylic acids is 1. The summed E-state index contributed by atoms with van der Waals surface area (Å²) in [6.45, 7) is 4.18. The summed E-state index contributed by atoms with van der Waals surface area (Å²) in [5, 5.41) is 3.27. The standard InChI is InChI=1S/C15H23NO2/c1-2-3-9-15(17)18-13-12-16-11-10-14-7-5-4-6-8-14/h4-8,16H,2-3,9-13H2,1H3. The molecule has 1 aromatic rings. The average Bonchev–Trinajstić information content (AvgIpc) is 2.41. The van der Waals surface area contributed by atoms with Crippen LogP contribution in [0, 0.1) is 0 Å². The molecular weight excluding hydrogens is 226 g/mol. The van der Waals surface area contributed by atoms with E-state index in [1.165, 1.54) is 5.56 Å². The van der Waals surface area contributed by atoms with E-state index in [-0.39, 0.29) is 5.97 Å². The predicted octanol–water partition coefficient (Wildman–Crippen LogP) is 2.55. The molecular formula is C15H23NO2. The zero-order chi connectivity index (χ0) is 13.1. The Morgan fingerprint density at radius 1 is 1.22 bits per heavy atom. The van der Waals surface area contributed by atoms with Crippen LogP contribution in [0.4, 0.5) is 0 Å². The number of hydrogen-bond acceptors (Lipinski definition) is 3. The third-order valence-electron chi connectivity index (χ3n) is 2.71. The van der Waals surface area contributed by atoms with Crippen LogP contribution in [0.3, 0.4) is 0 Å². The van der Waals surface area contributed by atoms with Gasteiger partial charge in [-0.25, -0.2) is 0 Å². The van der Waals surface area contributed by atoms with Crippen LogP contribution in [-0.4, -0.2) is 25.7 Å². The van der Waals surface area contributed by atoms with Crippen molar-refractivity contribution in [1.29, 1.82) is 0 Å². The second-order valence-corrected chi connectivity index (χ2v) is 4.31. The summed E-state index contributed by atoms with van der Waals surface area (Å²) in [6.07, 6.45) is 3.50. The van der Waals surface area contributed by atoms with E-state index in [0.29, 0.717) is 13.0 Å². The Morgan fingerprint density at radius 3 is 2.72 bits per heavy atom. The van der Waals surface area contributed by atoms with Crippen molar-refractivity contribution in [3.8, 4) is 0 Å². The minimum absolute atomic E-state index is 0.0818. The Balaban J connectivity index is 1.94. The van der Waals surface area contributed by atoms with Crippen LogP contribution >= 0.6 is 0 Å². The Labute approximate surface area is 110 Å². The Bertz CT molecular complexity index is 325. The molecule has 0 aromatic heterocycles. The van der Waals surface area contributed by atoms with Gasteiger partial charge in [-0.15, -0.1) is 0 Å². The number of nitrogens with one attached hydrogen (secondary N) is 1. The topological polar surface area (TPSA) is 38.3 Å². The summed E-state index contributed by atoms with van der Waals surface area (Å²) in [7, 11) is 0. The molecule has 3 heteroatoms. The van der Waals surface area contributed by atoms with E-state index >= 15 is 0 Å². The molecule has 1 N–H and O–H groups in total. The molecule has 0 amide bonds. The van der Waals surface area contributed by atoms with Gasteiger partial charge in [-0.05, 0) is 24.9 Å². The van der Waals surface area contributed by atoms with Crippen molar-refractivity contribution in [1.82, 2.24) is 5.32 Å². The van der Waals surface area contributed by atoms with Crippen molar-refractivity contribution in [2.75, 3.05) is 19.7 Å². The molecule has 0 aliphatic carbocycles. The van der Waals surface area contributed by atoms with Gasteiger partial charge in [0, 0.05) is 13.0 Å². The molecule has 0 saturated heterocycles. The summed E-state index contributed by atoms with van der Waals surface area (Å²) in [4.78, 5) is 11.2. The molecule has 18 heavy (non-hydrogen) atoms. The molecule has 0 aliphatic heterocycles. The van der Waals surface area contributed by atoms with E-state index in [1.54, 1.807) is 0 Å². The van der Waals surface area contributed by atoms with Gasteiger partial charge in [0.25, 0.3) is 0 Å². The highest BCUT2D eigenvalue weighted by Gasteiger charge is 2.00. The quantitative estimate of drug-likeness (QED) is 0.540. The molecule has 100 valence electrons. The van der Waals surface area contributed by atoms with Gasteiger partial charge in [0.05, 0.1) is 0 Å². The van der Waals surface area contributed by atoms with Crippen molar-refractivity contribution < 1.29 is 9.53 Å². The van der Waals surface area contributed by atoms with Crippen LogP contribution < -0.4 is 5.32 Å². The summed E-state index contributed by atoms with van der Waals surface area (Å²) >= 11 is 0. The summed E-state index contributed by atoms with van der Waals surface area (Å²) in [5.74, 6) is -0.0818. The second-order valence-electron chi connectivity index (χ2n) is 4.31. The molecule has 0 fully saturated rings. The number of unbranched alkanes of at least 4 members (excludes halogenated alkanes) is 1. The fraction of sp³-hybridized carbons (Fsp3) is 0.533. The largest absolute Gasteiger partial charge is 0.464 e. The third kappa shape index (κ3) is 7.07. The average molecular weight is 249 g/mol. The number of esters is 1. The molecule has 0 atom stereocenters. The highest BCUT2D eigenvalue weighted by molar-refractivity contribution is 5.69. The minimum atomic E-state index is -0.0818. The van der Waals surface area contributed by atoms with E-state index in [4.69, 9.17) is 4.74 Å². The first-order valence-corrected chi connectivity index (χ1v) is 6.73. The predicted molar refractivity (Wildman–Crippen MR) is 73.5 cm³/mol. The highest BCUT2D eigenvalue weighted by atomic mass is 16.5. The fourth-order valence-electron chi connectivity index (χ4n) is 1.63. The van der Waals surface area contributed by atoms with E-state index in [2.05, 4.69) is 24.4 Å². The van der Waals surface area contributed by atoms with E-state index < -0.39 is 0 Å². The first kappa shape index (κ1) is 14.7. The lowest BCUT2D eigenvalue weighted by atomic mass is 10.1. The van der Waals surface area contributed by atoms with Crippen LogP contribution in [0.25, 0.3) is 0 Å². The van der Waals surface area contributed by atoms with Gasteiger partial charge in [0.1, 0.15) is 6.61 Å². The van der Waals surface area contributed by atoms with Crippen molar-refractivity contribution in [3.63, 3.8) is 0 Å². The number of carbonyl (C=O) groups is 1. The summed E-state index contributed by atoms with van der Waals surface area (Å²) < 4.78 is 5.09. The van der Waals surface area contributed by atoms with E-state index in [9.17, 15) is 4.79 Å². The van der Waals surface area contributed by atoms with Gasteiger partial charge in [-0.1, -0.05) is 43.7 Å². The van der Waals surface area contributed by atoms with Gasteiger partial charge < -0.3 is 10.1 Å². The highest BCUT2D eigenvalue weighted by Crippen LogP contribution is 1.98. The zero-order valence-corrected chi connectivity index (χ0v) is 11.2. The second kappa shape index (κ2) is 9.66. The molecule has 0 bridgehead atoms. The minimum Gasteiger partial charge on any atom is -0.464 e. The number of benzene rings is 1. The molecule has 1 rings (SSSR count). The molecule has 0 saturated carbocycles. The number of rotatable bonds is 9. The van der Waals surface area contributed by atoms with Crippen LogP contribution in [-0.2, 0) is 16.0 Å². The molecule has 0 unspecified atom stereocenters. The molecule has 0 radical (unpaired) electrons. The molecule has 3 nitrogen and oxygen atoms in total. The van der Waals surface area contributed by atoms with Crippen LogP contribution in [0.15, 0.2) is 30.3 Å². The van der Waals surface area contributed by atoms with Crippen molar-refractivity contribution in [2.24, 2.45) is 0 Å². The zero-order valence-electron chi connectivity index (χ0n) is 11.2. The van der Waals surface area contributed by atoms with E-state index in [1.807, 2.05) is 18.2 Å². The lowest BCUT2D eigenvalue weighted by Crippen LogP contribution is -2.23. The Hall–Kier alpha value is -1.35. The molecule has 1 aromatic carbocycles. The van der Waals surface area contributed by atoms with Crippen LogP contribution in [0.2, 0.25) is 0 Å². The lowest BCUT2D eigenvalue weighted by Gasteiger charge is -2.06. The van der Waals surface area contributed by atoms with Gasteiger partial charge in [0.2, 0.25) is 0 Å². The maximum atomic E-state index is 11.2. The number of hydrogen-bond donors (Lipinski definition) is 1. The van der Waals surface area contributed by atoms with E-state index in [0.717, 1.165) is 32.4 Å². The van der Waals surface area contributed by atoms with Gasteiger partial charge in [0.15, 0.2) is 0 Å². The molecule has 0 heterocycles. The van der Waals surface area contributed by atoms with Crippen molar-refractivity contribution in [3.05, 3.63) is 35.9 Å². The van der Waals surface area contributed by atoms with Gasteiger partial charge in [-0.3, -0.25) is 4.79 Å². The summed E-state index contributed by atoms with van der Waals surface area (Å²) in [6, 6.07) is 10.3. The third-order valence-corrected chi connectivity index (χ3v) is 2.71. The lowest BCUT2D eigenvalue weighted by molar-refractivity contribution is -0.143. The first-order valence-electron chi connectivity index (χ1n) is 6.73. The smallest absolute Gasteiger partial charge is 0.305 e. The fourth-order valence-corrected chi connectivity index (χ4v) is 1.63. The van der Waals surface area contributed by atoms with Gasteiger partial charge in [-0.2, -0.15) is 0 Å². The normalized spacial score (nSPS) is 10.3. The maximum Gasteiger partial charge on any atom is 0.305 e. The Morgan fingerprint density at radius 2 is 2.00 bits per heavy atom. The summed E-state index contributed by atoms with van der Waals surface area (Å²) in [5.41, 5.74) is 1.32. The SMILES string of the molecule is CCCCC(=O)OCCNCCc1ccccc1. The number of ether oxygens (including phenoxy) is 1. The Kier molecular flexibility index (Phi) is 7.89. The first-order chi connectivity index (χ1) is 8.83. The molecule has 0 aliphatic rings.